The Morgan fingerprint density at radius 2 is 2.18 bits per heavy atom. The van der Waals surface area contributed by atoms with Crippen molar-refractivity contribution in [3.05, 3.63) is 11.6 Å². The number of ether oxygens (including phenoxy) is 3. The second-order valence-corrected chi connectivity index (χ2v) is 6.04. The van der Waals surface area contributed by atoms with Gasteiger partial charge in [0, 0.05) is 24.5 Å². The van der Waals surface area contributed by atoms with E-state index in [1.807, 2.05) is 0 Å². The molecule has 1 heterocycles. The molecule has 2 unspecified atom stereocenters. The summed E-state index contributed by atoms with van der Waals surface area (Å²) in [4.78, 5) is 24.4. The van der Waals surface area contributed by atoms with Crippen LogP contribution in [0.5, 0.6) is 0 Å². The van der Waals surface area contributed by atoms with Crippen LogP contribution in [0, 0.1) is 5.41 Å². The maximum Gasteiger partial charge on any atom is 0.324 e. The molecular formula is C16H25ClO5. The first-order valence-corrected chi connectivity index (χ1v) is 8.13. The van der Waals surface area contributed by atoms with Crippen LogP contribution in [0.4, 0.5) is 0 Å². The smallest absolute Gasteiger partial charge is 0.324 e. The van der Waals surface area contributed by atoms with Crippen molar-refractivity contribution in [1.29, 1.82) is 0 Å². The van der Waals surface area contributed by atoms with Gasteiger partial charge in [0.05, 0.1) is 13.2 Å². The number of unbranched alkanes of at least 4 members (excludes halogenated alkanes) is 2. The maximum atomic E-state index is 12.2. The normalized spacial score (nSPS) is 24.1. The van der Waals surface area contributed by atoms with Gasteiger partial charge < -0.3 is 14.2 Å². The quantitative estimate of drug-likeness (QED) is 0.349. The molecule has 0 radical (unpaired) electrons. The molecular weight excluding hydrogens is 308 g/mol. The lowest BCUT2D eigenvalue weighted by atomic mass is 9.81. The number of carbonyl (C=O) groups is 2. The molecule has 0 aromatic heterocycles. The summed E-state index contributed by atoms with van der Waals surface area (Å²) in [7, 11) is 0. The number of halogens is 1. The number of esters is 2. The van der Waals surface area contributed by atoms with Crippen molar-refractivity contribution in [3.63, 3.8) is 0 Å². The Morgan fingerprint density at radius 3 is 2.77 bits per heavy atom. The van der Waals surface area contributed by atoms with Gasteiger partial charge in [0.1, 0.15) is 6.10 Å². The molecule has 6 heteroatoms. The molecule has 0 saturated carbocycles. The minimum absolute atomic E-state index is 0.0263. The largest absolute Gasteiger partial charge is 0.465 e. The lowest BCUT2D eigenvalue weighted by molar-refractivity contribution is -0.165. The lowest BCUT2D eigenvalue weighted by Gasteiger charge is -2.21. The van der Waals surface area contributed by atoms with Crippen LogP contribution in [0.2, 0.25) is 0 Å². The molecule has 0 bridgehead atoms. The lowest BCUT2D eigenvalue weighted by Crippen LogP contribution is -2.37. The minimum atomic E-state index is -1.38. The zero-order valence-corrected chi connectivity index (χ0v) is 14.1. The van der Waals surface area contributed by atoms with Crippen molar-refractivity contribution in [1.82, 2.24) is 0 Å². The highest BCUT2D eigenvalue weighted by Crippen LogP contribution is 2.41. The first-order valence-electron chi connectivity index (χ1n) is 7.75. The Bertz CT molecular complexity index is 409. The van der Waals surface area contributed by atoms with E-state index in [4.69, 9.17) is 25.8 Å². The molecule has 22 heavy (non-hydrogen) atoms. The Morgan fingerprint density at radius 1 is 1.45 bits per heavy atom. The van der Waals surface area contributed by atoms with Gasteiger partial charge in [0.2, 0.25) is 0 Å². The van der Waals surface area contributed by atoms with Crippen molar-refractivity contribution < 1.29 is 23.8 Å². The predicted octanol–water partition coefficient (Wildman–Crippen LogP) is 3.20. The second-order valence-electron chi connectivity index (χ2n) is 5.51. The highest BCUT2D eigenvalue weighted by atomic mass is 35.5. The molecule has 1 aliphatic heterocycles. The van der Waals surface area contributed by atoms with Gasteiger partial charge in [0.15, 0.2) is 5.41 Å². The molecule has 0 aliphatic carbocycles. The molecule has 0 N–H and O–H groups in total. The minimum Gasteiger partial charge on any atom is -0.465 e. The zero-order valence-electron chi connectivity index (χ0n) is 13.4. The van der Waals surface area contributed by atoms with Crippen molar-refractivity contribution >= 4 is 23.5 Å². The van der Waals surface area contributed by atoms with Gasteiger partial charge in [-0.2, -0.15) is 0 Å². The summed E-state index contributed by atoms with van der Waals surface area (Å²) < 4.78 is 15.8. The first-order chi connectivity index (χ1) is 10.5. The van der Waals surface area contributed by atoms with Gasteiger partial charge in [0.25, 0.3) is 0 Å². The van der Waals surface area contributed by atoms with Gasteiger partial charge in [-0.1, -0.05) is 37.9 Å². The van der Waals surface area contributed by atoms with Crippen LogP contribution >= 0.6 is 11.6 Å². The van der Waals surface area contributed by atoms with E-state index in [0.29, 0.717) is 6.61 Å². The van der Waals surface area contributed by atoms with E-state index in [1.165, 1.54) is 0 Å². The van der Waals surface area contributed by atoms with E-state index >= 15 is 0 Å². The van der Waals surface area contributed by atoms with E-state index in [1.54, 1.807) is 6.92 Å². The van der Waals surface area contributed by atoms with Gasteiger partial charge in [-0.25, -0.2) is 0 Å². The molecule has 126 valence electrons. The zero-order chi connectivity index (χ0) is 16.6. The molecule has 5 nitrogen and oxygen atoms in total. The molecule has 0 aromatic carbocycles. The van der Waals surface area contributed by atoms with Crippen molar-refractivity contribution in [2.24, 2.45) is 5.41 Å². The molecule has 1 saturated heterocycles. The fourth-order valence-corrected chi connectivity index (χ4v) is 2.75. The molecule has 2 atom stereocenters. The molecule has 0 amide bonds. The number of allylic oxidation sites excluding steroid dienone is 1. The van der Waals surface area contributed by atoms with Gasteiger partial charge >= 0.3 is 11.9 Å². The van der Waals surface area contributed by atoms with E-state index in [9.17, 15) is 9.59 Å². The monoisotopic (exact) mass is 332 g/mol. The molecule has 1 aliphatic rings. The van der Waals surface area contributed by atoms with Crippen molar-refractivity contribution in [2.75, 3.05) is 19.8 Å². The van der Waals surface area contributed by atoms with Crippen LogP contribution < -0.4 is 0 Å². The number of cyclic esters (lactones) is 1. The summed E-state index contributed by atoms with van der Waals surface area (Å²) in [6.07, 6.45) is 2.98. The number of rotatable bonds is 10. The Labute approximate surface area is 136 Å². The van der Waals surface area contributed by atoms with Crippen LogP contribution in [0.1, 0.15) is 46.0 Å². The third kappa shape index (κ3) is 4.99. The highest BCUT2D eigenvalue weighted by molar-refractivity contribution is 6.29. The summed E-state index contributed by atoms with van der Waals surface area (Å²) >= 11 is 5.82. The Balaban J connectivity index is 2.64. The van der Waals surface area contributed by atoms with Gasteiger partial charge in [-0.15, -0.1) is 0 Å². The SMILES string of the molecule is C=C(Cl)CC1(C(=O)OCC)CC(COCCCCC)OC1=O. The van der Waals surface area contributed by atoms with Crippen molar-refractivity contribution in [2.45, 2.75) is 52.1 Å². The van der Waals surface area contributed by atoms with Crippen LogP contribution in [-0.4, -0.2) is 37.9 Å². The summed E-state index contributed by atoms with van der Waals surface area (Å²) in [5.74, 6) is -1.20. The summed E-state index contributed by atoms with van der Waals surface area (Å²) in [5.41, 5.74) is -1.38. The van der Waals surface area contributed by atoms with E-state index in [0.717, 1.165) is 19.3 Å². The van der Waals surface area contributed by atoms with E-state index in [2.05, 4.69) is 13.5 Å². The third-order valence-electron chi connectivity index (χ3n) is 3.60. The van der Waals surface area contributed by atoms with Gasteiger partial charge in [-0.05, 0) is 13.3 Å². The average Bonchev–Trinajstić information content (AvgIpc) is 2.75. The van der Waals surface area contributed by atoms with Crippen LogP contribution in [0.15, 0.2) is 11.6 Å². The third-order valence-corrected chi connectivity index (χ3v) is 3.73. The van der Waals surface area contributed by atoms with Crippen LogP contribution in [-0.2, 0) is 23.8 Å². The van der Waals surface area contributed by atoms with Gasteiger partial charge in [-0.3, -0.25) is 9.59 Å². The Hall–Kier alpha value is -1.07. The fourth-order valence-electron chi connectivity index (χ4n) is 2.52. The number of carbonyl (C=O) groups excluding carboxylic acids is 2. The number of hydrogen-bond donors (Lipinski definition) is 0. The van der Waals surface area contributed by atoms with Crippen molar-refractivity contribution in [3.8, 4) is 0 Å². The summed E-state index contributed by atoms with van der Waals surface area (Å²) in [6, 6.07) is 0. The molecule has 1 fully saturated rings. The molecule has 1 rings (SSSR count). The maximum absolute atomic E-state index is 12.2. The van der Waals surface area contributed by atoms with E-state index < -0.39 is 23.5 Å². The highest BCUT2D eigenvalue weighted by Gasteiger charge is 2.56. The second kappa shape index (κ2) is 9.16. The molecule has 0 aromatic rings. The predicted molar refractivity (Wildman–Crippen MR) is 83.5 cm³/mol. The van der Waals surface area contributed by atoms with Crippen LogP contribution in [0.3, 0.4) is 0 Å². The topological polar surface area (TPSA) is 61.8 Å². The van der Waals surface area contributed by atoms with E-state index in [-0.39, 0.29) is 31.1 Å². The fraction of sp³-hybridized carbons (Fsp3) is 0.750. The standard InChI is InChI=1S/C16H25ClO5/c1-4-6-7-8-20-11-13-10-16(9-12(3)17,15(19)22-13)14(18)21-5-2/h13H,3-11H2,1-2H3. The first kappa shape index (κ1) is 19.0. The summed E-state index contributed by atoms with van der Waals surface area (Å²) in [5, 5.41) is 0.231. The Kier molecular flexibility index (Phi) is 7.90. The molecule has 0 spiro atoms. The number of hydrogen-bond acceptors (Lipinski definition) is 5. The van der Waals surface area contributed by atoms with Crippen LogP contribution in [0.25, 0.3) is 0 Å². The summed E-state index contributed by atoms with van der Waals surface area (Å²) in [6.45, 7) is 8.49. The average molecular weight is 333 g/mol.